The fraction of sp³-hybridized carbons (Fsp3) is 0.100. The van der Waals surface area contributed by atoms with Crippen LogP contribution in [0.2, 0.25) is 0 Å². The number of hydrogen-bond acceptors (Lipinski definition) is 2. The van der Waals surface area contributed by atoms with Gasteiger partial charge in [-0.3, -0.25) is 0 Å². The van der Waals surface area contributed by atoms with Gasteiger partial charge in [0.15, 0.2) is 0 Å². The van der Waals surface area contributed by atoms with Crippen LogP contribution in [0.1, 0.15) is 5.56 Å². The largest absolute Gasteiger partial charge is 0.465 e. The maximum atomic E-state index is 10.9. The summed E-state index contributed by atoms with van der Waals surface area (Å²) >= 11 is 5.65. The first kappa shape index (κ1) is 9.81. The van der Waals surface area contributed by atoms with Gasteiger partial charge in [0, 0.05) is 0 Å². The molecule has 0 N–H and O–H groups in total. The maximum Gasteiger partial charge on any atom is 0.349 e. The van der Waals surface area contributed by atoms with Crippen LogP contribution in [-0.2, 0) is 9.53 Å². The summed E-state index contributed by atoms with van der Waals surface area (Å²) < 4.78 is 4.45. The van der Waals surface area contributed by atoms with Crippen LogP contribution in [0.5, 0.6) is 0 Å². The highest BCUT2D eigenvalue weighted by Crippen LogP contribution is 2.10. The van der Waals surface area contributed by atoms with Gasteiger partial charge in [-0.25, -0.2) is 4.79 Å². The second kappa shape index (κ2) is 4.67. The van der Waals surface area contributed by atoms with E-state index in [1.165, 1.54) is 7.11 Å². The molecule has 0 bridgehead atoms. The van der Waals surface area contributed by atoms with Crippen LogP contribution in [0.25, 0.3) is 6.08 Å². The molecule has 13 heavy (non-hydrogen) atoms. The lowest BCUT2D eigenvalue weighted by Gasteiger charge is -1.96. The third-order valence-electron chi connectivity index (χ3n) is 1.47. The summed E-state index contributed by atoms with van der Waals surface area (Å²) in [5.74, 6) is -0.523. The zero-order chi connectivity index (χ0) is 9.68. The van der Waals surface area contributed by atoms with E-state index in [2.05, 4.69) is 4.74 Å². The van der Waals surface area contributed by atoms with Gasteiger partial charge in [0.05, 0.1) is 7.11 Å². The minimum atomic E-state index is -0.523. The minimum absolute atomic E-state index is 0.0775. The Bertz CT molecular complexity index is 317. The van der Waals surface area contributed by atoms with Crippen molar-refractivity contribution in [3.63, 3.8) is 0 Å². The Morgan fingerprint density at radius 3 is 2.54 bits per heavy atom. The Hall–Kier alpha value is -1.28. The SMILES string of the molecule is COC(=O)C(Cl)=Cc1ccccc1. The molecule has 1 aromatic carbocycles. The number of halogens is 1. The number of rotatable bonds is 2. The molecular formula is C10H9ClO2. The summed E-state index contributed by atoms with van der Waals surface area (Å²) in [6, 6.07) is 9.33. The Balaban J connectivity index is 2.83. The van der Waals surface area contributed by atoms with Crippen LogP contribution in [0.3, 0.4) is 0 Å². The van der Waals surface area contributed by atoms with Gasteiger partial charge >= 0.3 is 5.97 Å². The Labute approximate surface area is 81.8 Å². The first-order chi connectivity index (χ1) is 6.24. The Morgan fingerprint density at radius 1 is 1.38 bits per heavy atom. The molecule has 0 saturated carbocycles. The highest BCUT2D eigenvalue weighted by Gasteiger charge is 2.04. The minimum Gasteiger partial charge on any atom is -0.465 e. The highest BCUT2D eigenvalue weighted by molar-refractivity contribution is 6.43. The average molecular weight is 197 g/mol. The summed E-state index contributed by atoms with van der Waals surface area (Å²) in [5.41, 5.74) is 0.873. The molecule has 0 saturated heterocycles. The second-order valence-corrected chi connectivity index (χ2v) is 2.80. The monoisotopic (exact) mass is 196 g/mol. The van der Waals surface area contributed by atoms with Gasteiger partial charge in [-0.2, -0.15) is 0 Å². The van der Waals surface area contributed by atoms with E-state index in [1.54, 1.807) is 6.08 Å². The van der Waals surface area contributed by atoms with E-state index >= 15 is 0 Å². The molecular weight excluding hydrogens is 188 g/mol. The summed E-state index contributed by atoms with van der Waals surface area (Å²) in [6.07, 6.45) is 1.56. The lowest BCUT2D eigenvalue weighted by Crippen LogP contribution is -1.98. The van der Waals surface area contributed by atoms with E-state index in [1.807, 2.05) is 30.3 Å². The molecule has 1 rings (SSSR count). The van der Waals surface area contributed by atoms with Gasteiger partial charge in [0.1, 0.15) is 5.03 Å². The van der Waals surface area contributed by atoms with Gasteiger partial charge in [-0.1, -0.05) is 41.9 Å². The number of carbonyl (C=O) groups is 1. The van der Waals surface area contributed by atoms with E-state index in [9.17, 15) is 4.79 Å². The standard InChI is InChI=1S/C10H9ClO2/c1-13-10(12)9(11)7-8-5-3-2-4-6-8/h2-7H,1H3. The molecule has 0 aliphatic carbocycles. The van der Waals surface area contributed by atoms with Crippen LogP contribution >= 0.6 is 11.6 Å². The number of benzene rings is 1. The molecule has 0 radical (unpaired) electrons. The third-order valence-corrected chi connectivity index (χ3v) is 1.74. The summed E-state index contributed by atoms with van der Waals surface area (Å²) in [4.78, 5) is 10.9. The number of hydrogen-bond donors (Lipinski definition) is 0. The summed E-state index contributed by atoms with van der Waals surface area (Å²) in [6.45, 7) is 0. The number of ether oxygens (including phenoxy) is 1. The van der Waals surface area contributed by atoms with Crippen LogP contribution in [0.4, 0.5) is 0 Å². The quantitative estimate of drug-likeness (QED) is 0.537. The fourth-order valence-corrected chi connectivity index (χ4v) is 1.06. The molecule has 3 heteroatoms. The van der Waals surface area contributed by atoms with Crippen molar-refractivity contribution >= 4 is 23.6 Å². The summed E-state index contributed by atoms with van der Waals surface area (Å²) in [5, 5.41) is 0.0775. The third kappa shape index (κ3) is 2.92. The van der Waals surface area contributed by atoms with Gasteiger partial charge in [-0.05, 0) is 11.6 Å². The predicted octanol–water partition coefficient (Wildman–Crippen LogP) is 2.44. The molecule has 0 aliphatic heterocycles. The Kier molecular flexibility index (Phi) is 3.53. The molecule has 0 atom stereocenters. The van der Waals surface area contributed by atoms with Crippen LogP contribution in [0, 0.1) is 0 Å². The number of carbonyl (C=O) groups excluding carboxylic acids is 1. The first-order valence-corrected chi connectivity index (χ1v) is 4.12. The van der Waals surface area contributed by atoms with Crippen molar-refractivity contribution in [2.45, 2.75) is 0 Å². The van der Waals surface area contributed by atoms with Crippen LogP contribution in [-0.4, -0.2) is 13.1 Å². The normalized spacial score (nSPS) is 11.1. The Morgan fingerprint density at radius 2 is 2.00 bits per heavy atom. The van der Waals surface area contributed by atoms with E-state index < -0.39 is 5.97 Å². The van der Waals surface area contributed by atoms with E-state index in [-0.39, 0.29) is 5.03 Å². The molecule has 68 valence electrons. The number of esters is 1. The topological polar surface area (TPSA) is 26.3 Å². The molecule has 2 nitrogen and oxygen atoms in total. The van der Waals surface area contributed by atoms with Crippen LogP contribution in [0.15, 0.2) is 35.4 Å². The van der Waals surface area contributed by atoms with Crippen LogP contribution < -0.4 is 0 Å². The van der Waals surface area contributed by atoms with Gasteiger partial charge in [0.2, 0.25) is 0 Å². The van der Waals surface area contributed by atoms with Crippen molar-refractivity contribution in [2.24, 2.45) is 0 Å². The predicted molar refractivity (Wildman–Crippen MR) is 52.3 cm³/mol. The summed E-state index contributed by atoms with van der Waals surface area (Å²) in [7, 11) is 1.30. The van der Waals surface area contributed by atoms with Crippen molar-refractivity contribution in [1.82, 2.24) is 0 Å². The van der Waals surface area contributed by atoms with Crippen molar-refractivity contribution in [3.05, 3.63) is 40.9 Å². The zero-order valence-electron chi connectivity index (χ0n) is 7.16. The molecule has 0 fully saturated rings. The highest BCUT2D eigenvalue weighted by atomic mass is 35.5. The maximum absolute atomic E-state index is 10.9. The van der Waals surface area contributed by atoms with Gasteiger partial charge < -0.3 is 4.74 Å². The van der Waals surface area contributed by atoms with E-state index in [0.29, 0.717) is 0 Å². The van der Waals surface area contributed by atoms with E-state index in [4.69, 9.17) is 11.6 Å². The van der Waals surface area contributed by atoms with Crippen molar-refractivity contribution in [1.29, 1.82) is 0 Å². The molecule has 0 unspecified atom stereocenters. The van der Waals surface area contributed by atoms with E-state index in [0.717, 1.165) is 5.56 Å². The lowest BCUT2D eigenvalue weighted by molar-refractivity contribution is -0.135. The lowest BCUT2D eigenvalue weighted by atomic mass is 10.2. The fourth-order valence-electron chi connectivity index (χ4n) is 0.852. The molecule has 1 aromatic rings. The first-order valence-electron chi connectivity index (χ1n) is 3.74. The average Bonchev–Trinajstić information content (AvgIpc) is 2.18. The molecule has 0 heterocycles. The molecule has 0 spiro atoms. The van der Waals surface area contributed by atoms with Crippen molar-refractivity contribution in [3.8, 4) is 0 Å². The molecule has 0 aromatic heterocycles. The van der Waals surface area contributed by atoms with Gasteiger partial charge in [-0.15, -0.1) is 0 Å². The molecule has 0 amide bonds. The van der Waals surface area contributed by atoms with Crippen molar-refractivity contribution < 1.29 is 9.53 Å². The van der Waals surface area contributed by atoms with Gasteiger partial charge in [0.25, 0.3) is 0 Å². The second-order valence-electron chi connectivity index (χ2n) is 2.39. The van der Waals surface area contributed by atoms with Crippen molar-refractivity contribution in [2.75, 3.05) is 7.11 Å². The zero-order valence-corrected chi connectivity index (χ0v) is 7.91. The smallest absolute Gasteiger partial charge is 0.349 e. The number of methoxy groups -OCH3 is 1. The molecule has 0 aliphatic rings.